The lowest BCUT2D eigenvalue weighted by atomic mass is 10.0. The molecule has 8 heteroatoms. The van der Waals surface area contributed by atoms with Crippen LogP contribution in [0.15, 0.2) is 12.1 Å². The van der Waals surface area contributed by atoms with Crippen LogP contribution < -0.4 is 14.8 Å². The van der Waals surface area contributed by atoms with Crippen LogP contribution in [0.4, 0.5) is 5.69 Å². The third-order valence-corrected chi connectivity index (χ3v) is 5.67. The lowest BCUT2D eigenvalue weighted by Gasteiger charge is -2.22. The molecule has 1 amide bonds. The van der Waals surface area contributed by atoms with Gasteiger partial charge in [-0.2, -0.15) is 0 Å². The van der Waals surface area contributed by atoms with Crippen LogP contribution in [-0.4, -0.2) is 40.1 Å². The van der Waals surface area contributed by atoms with Gasteiger partial charge in [-0.15, -0.1) is 0 Å². The van der Waals surface area contributed by atoms with E-state index in [0.717, 1.165) is 0 Å². The van der Waals surface area contributed by atoms with Crippen molar-refractivity contribution in [2.24, 2.45) is 5.92 Å². The lowest BCUT2D eigenvalue weighted by Crippen LogP contribution is -2.32. The summed E-state index contributed by atoms with van der Waals surface area (Å²) in [5.74, 6) is 0.386. The zero-order chi connectivity index (χ0) is 16.3. The smallest absolute Gasteiger partial charge is 0.227 e. The summed E-state index contributed by atoms with van der Waals surface area (Å²) >= 11 is 6.01. The molecule has 1 aromatic carbocycles. The minimum atomic E-state index is -2.99. The van der Waals surface area contributed by atoms with Gasteiger partial charge in [0.2, 0.25) is 5.91 Å². The van der Waals surface area contributed by atoms with Crippen LogP contribution in [0.3, 0.4) is 0 Å². The molecule has 1 fully saturated rings. The predicted molar refractivity (Wildman–Crippen MR) is 84.6 cm³/mol. The highest BCUT2D eigenvalue weighted by Gasteiger charge is 2.29. The standard InChI is InChI=1S/C14H18ClNO5S/c1-20-12-8-11(13(21-2)7-10(12)15)16-14(17)9-3-5-22(18,19)6-4-9/h7-9H,3-6H2,1-2H3,(H,16,17). The summed E-state index contributed by atoms with van der Waals surface area (Å²) in [5.41, 5.74) is 0.446. The Labute approximate surface area is 134 Å². The van der Waals surface area contributed by atoms with Crippen LogP contribution in [0.2, 0.25) is 5.02 Å². The van der Waals surface area contributed by atoms with E-state index in [0.29, 0.717) is 35.1 Å². The van der Waals surface area contributed by atoms with Gasteiger partial charge in [0, 0.05) is 18.1 Å². The van der Waals surface area contributed by atoms with Crippen molar-refractivity contribution in [1.82, 2.24) is 0 Å². The van der Waals surface area contributed by atoms with E-state index in [4.69, 9.17) is 21.1 Å². The van der Waals surface area contributed by atoms with E-state index >= 15 is 0 Å². The van der Waals surface area contributed by atoms with Crippen molar-refractivity contribution in [1.29, 1.82) is 0 Å². The molecule has 1 N–H and O–H groups in total. The molecule has 0 aliphatic carbocycles. The number of ether oxygens (including phenoxy) is 2. The molecule has 22 heavy (non-hydrogen) atoms. The van der Waals surface area contributed by atoms with Crippen molar-refractivity contribution >= 4 is 33.0 Å². The highest BCUT2D eigenvalue weighted by atomic mass is 35.5. The lowest BCUT2D eigenvalue weighted by molar-refractivity contribution is -0.120. The largest absolute Gasteiger partial charge is 0.495 e. The van der Waals surface area contributed by atoms with Gasteiger partial charge in [-0.3, -0.25) is 4.79 Å². The van der Waals surface area contributed by atoms with Gasteiger partial charge < -0.3 is 14.8 Å². The van der Waals surface area contributed by atoms with E-state index in [9.17, 15) is 13.2 Å². The second-order valence-corrected chi connectivity index (χ2v) is 7.81. The molecule has 0 bridgehead atoms. The van der Waals surface area contributed by atoms with E-state index in [2.05, 4.69) is 5.32 Å². The summed E-state index contributed by atoms with van der Waals surface area (Å²) < 4.78 is 33.1. The zero-order valence-electron chi connectivity index (χ0n) is 12.4. The predicted octanol–water partition coefficient (Wildman–Crippen LogP) is 2.12. The van der Waals surface area contributed by atoms with Gasteiger partial charge in [-0.1, -0.05) is 11.6 Å². The number of hydrogen-bond acceptors (Lipinski definition) is 5. The van der Waals surface area contributed by atoms with E-state index < -0.39 is 9.84 Å². The first-order valence-corrected chi connectivity index (χ1v) is 8.99. The number of hydrogen-bond donors (Lipinski definition) is 1. The molecule has 1 heterocycles. The highest BCUT2D eigenvalue weighted by Crippen LogP contribution is 2.36. The number of methoxy groups -OCH3 is 2. The molecule has 1 aliphatic heterocycles. The molecule has 1 aromatic rings. The summed E-state index contributed by atoms with van der Waals surface area (Å²) in [6, 6.07) is 3.14. The maximum atomic E-state index is 12.3. The van der Waals surface area contributed by atoms with Gasteiger partial charge in [-0.25, -0.2) is 8.42 Å². The van der Waals surface area contributed by atoms with Crippen LogP contribution in [0, 0.1) is 5.92 Å². The number of carbonyl (C=O) groups is 1. The third kappa shape index (κ3) is 3.84. The second-order valence-electron chi connectivity index (χ2n) is 5.10. The van der Waals surface area contributed by atoms with E-state index in [1.807, 2.05) is 0 Å². The minimum absolute atomic E-state index is 0.0478. The van der Waals surface area contributed by atoms with Crippen molar-refractivity contribution in [3.05, 3.63) is 17.2 Å². The van der Waals surface area contributed by atoms with Gasteiger partial charge in [0.25, 0.3) is 0 Å². The molecule has 6 nitrogen and oxygen atoms in total. The van der Waals surface area contributed by atoms with Gasteiger partial charge in [0.05, 0.1) is 36.4 Å². The summed E-state index contributed by atoms with van der Waals surface area (Å²) in [4.78, 5) is 12.3. The molecule has 2 rings (SSSR count). The van der Waals surface area contributed by atoms with E-state index in [1.54, 1.807) is 12.1 Å². The molecule has 122 valence electrons. The van der Waals surface area contributed by atoms with Gasteiger partial charge in [0.1, 0.15) is 21.3 Å². The number of nitrogens with one attached hydrogen (secondary N) is 1. The Hall–Kier alpha value is -1.47. The molecule has 0 radical (unpaired) electrons. The molecule has 1 saturated heterocycles. The SMILES string of the molecule is COc1cc(NC(=O)C2CCS(=O)(=O)CC2)c(OC)cc1Cl. The number of rotatable bonds is 4. The molecule has 0 saturated carbocycles. The van der Waals surface area contributed by atoms with Crippen LogP contribution in [0.25, 0.3) is 0 Å². The fourth-order valence-corrected chi connectivity index (χ4v) is 4.07. The average Bonchev–Trinajstić information content (AvgIpc) is 2.48. The van der Waals surface area contributed by atoms with E-state index in [1.165, 1.54) is 14.2 Å². The van der Waals surface area contributed by atoms with Gasteiger partial charge >= 0.3 is 0 Å². The summed E-state index contributed by atoms with van der Waals surface area (Å²) in [7, 11) is -0.0426. The van der Waals surface area contributed by atoms with Crippen molar-refractivity contribution in [2.45, 2.75) is 12.8 Å². The van der Waals surface area contributed by atoms with Crippen molar-refractivity contribution < 1.29 is 22.7 Å². The second kappa shape index (κ2) is 6.75. The van der Waals surface area contributed by atoms with Crippen molar-refractivity contribution in [3.63, 3.8) is 0 Å². The van der Waals surface area contributed by atoms with E-state index in [-0.39, 0.29) is 23.3 Å². The Morgan fingerprint density at radius 2 is 1.77 bits per heavy atom. The Morgan fingerprint density at radius 1 is 1.18 bits per heavy atom. The molecule has 0 atom stereocenters. The quantitative estimate of drug-likeness (QED) is 0.902. The van der Waals surface area contributed by atoms with Gasteiger partial charge in [0.15, 0.2) is 0 Å². The fourth-order valence-electron chi connectivity index (χ4n) is 2.35. The maximum Gasteiger partial charge on any atom is 0.227 e. The number of amides is 1. The first-order chi connectivity index (χ1) is 10.4. The molecule has 0 spiro atoms. The summed E-state index contributed by atoms with van der Waals surface area (Å²) in [5, 5.41) is 3.14. The van der Waals surface area contributed by atoms with Crippen molar-refractivity contribution in [3.8, 4) is 11.5 Å². The van der Waals surface area contributed by atoms with Crippen LogP contribution >= 0.6 is 11.6 Å². The topological polar surface area (TPSA) is 81.7 Å². The third-order valence-electron chi connectivity index (χ3n) is 3.66. The number of sulfone groups is 1. The van der Waals surface area contributed by atoms with Crippen LogP contribution in [0.1, 0.15) is 12.8 Å². The first-order valence-electron chi connectivity index (χ1n) is 6.79. The van der Waals surface area contributed by atoms with Crippen LogP contribution in [-0.2, 0) is 14.6 Å². The Balaban J connectivity index is 2.14. The number of benzene rings is 1. The van der Waals surface area contributed by atoms with Gasteiger partial charge in [-0.05, 0) is 12.8 Å². The zero-order valence-corrected chi connectivity index (χ0v) is 14.0. The minimum Gasteiger partial charge on any atom is -0.495 e. The summed E-state index contributed by atoms with van der Waals surface area (Å²) in [6.07, 6.45) is 0.669. The van der Waals surface area contributed by atoms with Crippen molar-refractivity contribution in [2.75, 3.05) is 31.0 Å². The Kier molecular flexibility index (Phi) is 5.18. The first kappa shape index (κ1) is 16.9. The Morgan fingerprint density at radius 3 is 2.32 bits per heavy atom. The number of halogens is 1. The Bertz CT molecular complexity index is 660. The fraction of sp³-hybridized carbons (Fsp3) is 0.500. The maximum absolute atomic E-state index is 12.3. The highest BCUT2D eigenvalue weighted by molar-refractivity contribution is 7.91. The average molecular weight is 348 g/mol. The number of carbonyl (C=O) groups excluding carboxylic acids is 1. The monoisotopic (exact) mass is 347 g/mol. The molecule has 1 aliphatic rings. The summed E-state index contributed by atoms with van der Waals surface area (Å²) in [6.45, 7) is 0. The van der Waals surface area contributed by atoms with Crippen LogP contribution in [0.5, 0.6) is 11.5 Å². The molecular weight excluding hydrogens is 330 g/mol. The number of anilines is 1. The molecule has 0 aromatic heterocycles. The molecule has 0 unspecified atom stereocenters. The molecular formula is C14H18ClNO5S. The normalized spacial score (nSPS) is 17.8.